The molecule has 0 aliphatic rings. The van der Waals surface area contributed by atoms with Gasteiger partial charge in [-0.3, -0.25) is 0 Å². The topological polar surface area (TPSA) is 48.4 Å². The highest BCUT2D eigenvalue weighted by Gasteiger charge is 2.12. The SMILES string of the molecule is [B]Cc1nc(OC)ccc1C(=O)OC. The number of esters is 1. The standard InChI is InChI=1S/C9H10BNO3/c1-13-8-4-3-6(9(12)14-2)7(5-10)11-8/h3-4H,5H2,1-2H3. The van der Waals surface area contributed by atoms with Gasteiger partial charge in [0.2, 0.25) is 5.88 Å². The molecule has 0 bridgehead atoms. The van der Waals surface area contributed by atoms with Crippen molar-refractivity contribution in [3.8, 4) is 5.88 Å². The van der Waals surface area contributed by atoms with Gasteiger partial charge >= 0.3 is 5.97 Å². The molecule has 1 rings (SSSR count). The molecular weight excluding hydrogens is 181 g/mol. The molecule has 0 unspecified atom stereocenters. The van der Waals surface area contributed by atoms with Gasteiger partial charge in [0, 0.05) is 6.07 Å². The quantitative estimate of drug-likeness (QED) is 0.516. The summed E-state index contributed by atoms with van der Waals surface area (Å²) in [4.78, 5) is 15.3. The molecule has 0 aliphatic carbocycles. The van der Waals surface area contributed by atoms with E-state index in [1.165, 1.54) is 14.2 Å². The number of methoxy groups -OCH3 is 2. The highest BCUT2D eigenvalue weighted by Crippen LogP contribution is 2.13. The number of pyridine rings is 1. The first-order valence-electron chi connectivity index (χ1n) is 4.05. The zero-order valence-electron chi connectivity index (χ0n) is 8.11. The maximum atomic E-state index is 11.2. The molecule has 4 nitrogen and oxygen atoms in total. The van der Waals surface area contributed by atoms with Crippen LogP contribution in [0.2, 0.25) is 0 Å². The predicted octanol–water partition coefficient (Wildman–Crippen LogP) is 0.545. The van der Waals surface area contributed by atoms with Crippen molar-refractivity contribution in [3.63, 3.8) is 0 Å². The van der Waals surface area contributed by atoms with Gasteiger partial charge in [0.1, 0.15) is 0 Å². The van der Waals surface area contributed by atoms with Gasteiger partial charge in [-0.1, -0.05) is 0 Å². The lowest BCUT2D eigenvalue weighted by Gasteiger charge is -2.06. The third kappa shape index (κ3) is 2.04. The Kier molecular flexibility index (Phi) is 3.51. The minimum Gasteiger partial charge on any atom is -0.481 e. The van der Waals surface area contributed by atoms with Crippen LogP contribution in [0, 0.1) is 0 Å². The van der Waals surface area contributed by atoms with E-state index in [9.17, 15) is 4.79 Å². The van der Waals surface area contributed by atoms with E-state index >= 15 is 0 Å². The molecule has 1 heterocycles. The van der Waals surface area contributed by atoms with Crippen LogP contribution >= 0.6 is 0 Å². The second kappa shape index (κ2) is 4.65. The molecule has 1 aromatic heterocycles. The Morgan fingerprint density at radius 3 is 2.71 bits per heavy atom. The molecule has 0 saturated carbocycles. The molecule has 14 heavy (non-hydrogen) atoms. The third-order valence-corrected chi connectivity index (χ3v) is 1.76. The van der Waals surface area contributed by atoms with E-state index < -0.39 is 5.97 Å². The number of ether oxygens (including phenoxy) is 2. The summed E-state index contributed by atoms with van der Waals surface area (Å²) < 4.78 is 9.48. The van der Waals surface area contributed by atoms with Gasteiger partial charge in [0.05, 0.1) is 33.3 Å². The molecule has 0 saturated heterocycles. The van der Waals surface area contributed by atoms with E-state index in [1.54, 1.807) is 12.1 Å². The number of hydrogen-bond acceptors (Lipinski definition) is 4. The summed E-state index contributed by atoms with van der Waals surface area (Å²) in [6.45, 7) is 0. The van der Waals surface area contributed by atoms with E-state index in [-0.39, 0.29) is 6.32 Å². The van der Waals surface area contributed by atoms with Crippen LogP contribution in [0.4, 0.5) is 0 Å². The van der Waals surface area contributed by atoms with E-state index in [2.05, 4.69) is 9.72 Å². The lowest BCUT2D eigenvalue weighted by Crippen LogP contribution is -2.08. The van der Waals surface area contributed by atoms with Crippen molar-refractivity contribution in [2.45, 2.75) is 6.32 Å². The highest BCUT2D eigenvalue weighted by molar-refractivity contribution is 6.09. The average Bonchev–Trinajstić information content (AvgIpc) is 2.27. The van der Waals surface area contributed by atoms with Crippen molar-refractivity contribution in [2.24, 2.45) is 0 Å². The molecule has 0 aromatic carbocycles. The van der Waals surface area contributed by atoms with Crippen molar-refractivity contribution >= 4 is 13.8 Å². The van der Waals surface area contributed by atoms with Crippen molar-refractivity contribution in [1.82, 2.24) is 4.98 Å². The number of hydrogen-bond donors (Lipinski definition) is 0. The summed E-state index contributed by atoms with van der Waals surface area (Å²) >= 11 is 0. The van der Waals surface area contributed by atoms with Crippen LogP contribution in [0.15, 0.2) is 12.1 Å². The highest BCUT2D eigenvalue weighted by atomic mass is 16.5. The molecular formula is C9H10BNO3. The molecule has 0 atom stereocenters. The zero-order chi connectivity index (χ0) is 10.6. The Bertz CT molecular complexity index is 341. The number of aromatic nitrogens is 1. The number of carbonyl (C=O) groups excluding carboxylic acids is 1. The minimum absolute atomic E-state index is 0.168. The molecule has 1 aromatic rings. The summed E-state index contributed by atoms with van der Waals surface area (Å²) in [6, 6.07) is 3.17. The van der Waals surface area contributed by atoms with Crippen LogP contribution in [-0.4, -0.2) is 33.0 Å². The molecule has 0 spiro atoms. The molecule has 0 aliphatic heterocycles. The van der Waals surface area contributed by atoms with Gasteiger partial charge in [0.15, 0.2) is 0 Å². The summed E-state index contributed by atoms with van der Waals surface area (Å²) in [7, 11) is 8.25. The van der Waals surface area contributed by atoms with E-state index in [0.717, 1.165) is 0 Å². The van der Waals surface area contributed by atoms with Crippen LogP contribution in [0.5, 0.6) is 5.88 Å². The van der Waals surface area contributed by atoms with Crippen LogP contribution in [0.25, 0.3) is 0 Å². The van der Waals surface area contributed by atoms with Crippen molar-refractivity contribution < 1.29 is 14.3 Å². The summed E-state index contributed by atoms with van der Waals surface area (Å²) in [5, 5.41) is 0. The molecule has 0 amide bonds. The zero-order valence-corrected chi connectivity index (χ0v) is 8.11. The van der Waals surface area contributed by atoms with Crippen LogP contribution in [-0.2, 0) is 11.1 Å². The second-order valence-corrected chi connectivity index (χ2v) is 2.54. The Morgan fingerprint density at radius 2 is 2.21 bits per heavy atom. The minimum atomic E-state index is -0.444. The van der Waals surface area contributed by atoms with Crippen LogP contribution < -0.4 is 4.74 Å². The van der Waals surface area contributed by atoms with Crippen molar-refractivity contribution in [3.05, 3.63) is 23.4 Å². The molecule has 0 fully saturated rings. The van der Waals surface area contributed by atoms with Crippen molar-refractivity contribution in [2.75, 3.05) is 14.2 Å². The summed E-state index contributed by atoms with van der Waals surface area (Å²) in [6.07, 6.45) is 0.168. The first-order chi connectivity index (χ1) is 6.72. The van der Waals surface area contributed by atoms with Crippen LogP contribution in [0.1, 0.15) is 16.1 Å². The van der Waals surface area contributed by atoms with Gasteiger partial charge < -0.3 is 9.47 Å². The fourth-order valence-electron chi connectivity index (χ4n) is 1.05. The van der Waals surface area contributed by atoms with Gasteiger partial charge in [0.25, 0.3) is 0 Å². The number of rotatable bonds is 3. The fraction of sp³-hybridized carbons (Fsp3) is 0.333. The Hall–Kier alpha value is -1.52. The monoisotopic (exact) mass is 191 g/mol. The largest absolute Gasteiger partial charge is 0.481 e. The van der Waals surface area contributed by atoms with Gasteiger partial charge in [-0.2, -0.15) is 0 Å². The molecule has 5 heteroatoms. The first-order valence-corrected chi connectivity index (χ1v) is 4.05. The maximum absolute atomic E-state index is 11.2. The Morgan fingerprint density at radius 1 is 1.50 bits per heavy atom. The van der Waals surface area contributed by atoms with Gasteiger partial charge in [-0.25, -0.2) is 9.78 Å². The lowest BCUT2D eigenvalue weighted by atomic mass is 9.98. The normalized spacial score (nSPS) is 9.57. The van der Waals surface area contributed by atoms with Gasteiger partial charge in [-0.05, 0) is 12.4 Å². The predicted molar refractivity (Wildman–Crippen MR) is 51.6 cm³/mol. The first kappa shape index (κ1) is 10.6. The lowest BCUT2D eigenvalue weighted by molar-refractivity contribution is 0.0599. The number of carbonyl (C=O) groups is 1. The Labute approximate surface area is 83.7 Å². The smallest absolute Gasteiger partial charge is 0.339 e. The fourth-order valence-corrected chi connectivity index (χ4v) is 1.05. The maximum Gasteiger partial charge on any atom is 0.339 e. The molecule has 0 N–H and O–H groups in total. The Balaban J connectivity index is 3.11. The molecule has 2 radical (unpaired) electrons. The third-order valence-electron chi connectivity index (χ3n) is 1.76. The van der Waals surface area contributed by atoms with Crippen LogP contribution in [0.3, 0.4) is 0 Å². The van der Waals surface area contributed by atoms with E-state index in [4.69, 9.17) is 12.6 Å². The summed E-state index contributed by atoms with van der Waals surface area (Å²) in [5.74, 6) is -0.0151. The summed E-state index contributed by atoms with van der Waals surface area (Å²) in [5.41, 5.74) is 0.840. The van der Waals surface area contributed by atoms with Crippen molar-refractivity contribution in [1.29, 1.82) is 0 Å². The average molecular weight is 191 g/mol. The van der Waals surface area contributed by atoms with E-state index in [1.807, 2.05) is 0 Å². The number of nitrogens with zero attached hydrogens (tertiary/aromatic N) is 1. The van der Waals surface area contributed by atoms with Gasteiger partial charge in [-0.15, -0.1) is 0 Å². The van der Waals surface area contributed by atoms with E-state index in [0.29, 0.717) is 17.1 Å². The molecule has 72 valence electrons. The second-order valence-electron chi connectivity index (χ2n) is 2.54.